The number of halogens is 2. The molecular formula is C9H11BrFN. The third-order valence-corrected chi connectivity index (χ3v) is 3.22. The Morgan fingerprint density at radius 1 is 1.58 bits per heavy atom. The van der Waals surface area contributed by atoms with E-state index in [0.717, 1.165) is 5.33 Å². The molecule has 1 aromatic rings. The van der Waals surface area contributed by atoms with Gasteiger partial charge < -0.3 is 0 Å². The fourth-order valence-electron chi connectivity index (χ4n) is 0.963. The summed E-state index contributed by atoms with van der Waals surface area (Å²) < 4.78 is 13.1. The van der Waals surface area contributed by atoms with Gasteiger partial charge >= 0.3 is 0 Å². The molecule has 0 aliphatic rings. The number of hydrogen-bond acceptors (Lipinski definition) is 1. The van der Waals surface area contributed by atoms with Crippen molar-refractivity contribution in [2.24, 2.45) is 0 Å². The normalized spacial score (nSPS) is 11.7. The summed E-state index contributed by atoms with van der Waals surface area (Å²) in [5.74, 6) is -0.373. The molecule has 0 aliphatic heterocycles. The van der Waals surface area contributed by atoms with Gasteiger partial charge in [-0.05, 0) is 6.07 Å². The molecule has 0 atom stereocenters. The lowest BCUT2D eigenvalue weighted by atomic mass is 9.88. The summed E-state index contributed by atoms with van der Waals surface area (Å²) in [5, 5.41) is 0.725. The molecule has 1 rings (SSSR count). The van der Waals surface area contributed by atoms with Gasteiger partial charge in [0.05, 0.1) is 0 Å². The van der Waals surface area contributed by atoms with E-state index in [2.05, 4.69) is 20.9 Å². The van der Waals surface area contributed by atoms with Crippen molar-refractivity contribution in [2.75, 3.05) is 5.33 Å². The van der Waals surface area contributed by atoms with Crippen molar-refractivity contribution in [3.63, 3.8) is 0 Å². The third-order valence-electron chi connectivity index (χ3n) is 1.82. The van der Waals surface area contributed by atoms with Crippen molar-refractivity contribution in [3.05, 3.63) is 29.8 Å². The predicted octanol–water partition coefficient (Wildman–Crippen LogP) is 2.89. The van der Waals surface area contributed by atoms with E-state index in [9.17, 15) is 4.39 Å². The molecule has 66 valence electrons. The van der Waals surface area contributed by atoms with Crippen molar-refractivity contribution in [3.8, 4) is 0 Å². The van der Waals surface area contributed by atoms with Crippen molar-refractivity contribution in [1.29, 1.82) is 0 Å². The van der Waals surface area contributed by atoms with Gasteiger partial charge in [-0.15, -0.1) is 0 Å². The topological polar surface area (TPSA) is 12.9 Å². The second kappa shape index (κ2) is 3.52. The molecule has 0 spiro atoms. The molecule has 0 saturated heterocycles. The molecule has 0 bridgehead atoms. The fourth-order valence-corrected chi connectivity index (χ4v) is 1.26. The SMILES string of the molecule is CC(C)(CBr)c1cccnc1F. The van der Waals surface area contributed by atoms with Gasteiger partial charge in [-0.3, -0.25) is 0 Å². The maximum Gasteiger partial charge on any atom is 0.216 e. The van der Waals surface area contributed by atoms with Gasteiger partial charge in [0.2, 0.25) is 5.95 Å². The Bertz CT molecular complexity index is 273. The highest BCUT2D eigenvalue weighted by atomic mass is 79.9. The maximum atomic E-state index is 13.1. The molecule has 0 fully saturated rings. The van der Waals surface area contributed by atoms with Crippen LogP contribution in [0.1, 0.15) is 19.4 Å². The van der Waals surface area contributed by atoms with E-state index < -0.39 is 0 Å². The standard InChI is InChI=1S/C9H11BrFN/c1-9(2,6-10)7-4-3-5-12-8(7)11/h3-5H,6H2,1-2H3. The highest BCUT2D eigenvalue weighted by Gasteiger charge is 2.22. The van der Waals surface area contributed by atoms with Crippen LogP contribution in [0, 0.1) is 5.95 Å². The van der Waals surface area contributed by atoms with Gasteiger partial charge in [0, 0.05) is 22.5 Å². The Balaban J connectivity index is 3.10. The average Bonchev–Trinajstić information content (AvgIpc) is 2.05. The lowest BCUT2D eigenvalue weighted by Crippen LogP contribution is -2.21. The molecule has 1 heterocycles. The minimum absolute atomic E-state index is 0.196. The van der Waals surface area contributed by atoms with Gasteiger partial charge in [-0.2, -0.15) is 4.39 Å². The second-order valence-corrected chi connectivity index (χ2v) is 3.92. The molecule has 0 aliphatic carbocycles. The van der Waals surface area contributed by atoms with E-state index in [1.165, 1.54) is 6.20 Å². The number of alkyl halides is 1. The van der Waals surface area contributed by atoms with Crippen molar-refractivity contribution in [1.82, 2.24) is 4.98 Å². The van der Waals surface area contributed by atoms with E-state index in [1.807, 2.05) is 13.8 Å². The van der Waals surface area contributed by atoms with Crippen LogP contribution >= 0.6 is 15.9 Å². The molecule has 0 amide bonds. The molecule has 12 heavy (non-hydrogen) atoms. The minimum Gasteiger partial charge on any atom is -0.228 e. The van der Waals surface area contributed by atoms with E-state index in [4.69, 9.17) is 0 Å². The molecule has 1 nitrogen and oxygen atoms in total. The lowest BCUT2D eigenvalue weighted by Gasteiger charge is -2.21. The number of hydrogen-bond donors (Lipinski definition) is 0. The summed E-state index contributed by atoms with van der Waals surface area (Å²) in [6.45, 7) is 3.95. The average molecular weight is 232 g/mol. The van der Waals surface area contributed by atoms with Crippen LogP contribution in [0.5, 0.6) is 0 Å². The van der Waals surface area contributed by atoms with Gasteiger partial charge in [0.1, 0.15) is 0 Å². The molecule has 0 N–H and O–H groups in total. The summed E-state index contributed by atoms with van der Waals surface area (Å²) in [7, 11) is 0. The van der Waals surface area contributed by atoms with Gasteiger partial charge in [-0.1, -0.05) is 35.8 Å². The van der Waals surface area contributed by atoms with Gasteiger partial charge in [0.15, 0.2) is 0 Å². The smallest absolute Gasteiger partial charge is 0.216 e. The Morgan fingerprint density at radius 2 is 2.25 bits per heavy atom. The van der Waals surface area contributed by atoms with Crippen LogP contribution in [-0.4, -0.2) is 10.3 Å². The summed E-state index contributed by atoms with van der Waals surface area (Å²) in [4.78, 5) is 3.61. The number of aromatic nitrogens is 1. The van der Waals surface area contributed by atoms with Crippen molar-refractivity contribution in [2.45, 2.75) is 19.3 Å². The van der Waals surface area contributed by atoms with E-state index in [-0.39, 0.29) is 11.4 Å². The van der Waals surface area contributed by atoms with Crippen LogP contribution in [0.25, 0.3) is 0 Å². The summed E-state index contributed by atoms with van der Waals surface area (Å²) in [6.07, 6.45) is 1.46. The highest BCUT2D eigenvalue weighted by Crippen LogP contribution is 2.26. The molecule has 0 unspecified atom stereocenters. The van der Waals surface area contributed by atoms with Crippen LogP contribution in [0.15, 0.2) is 18.3 Å². The Labute approximate surface area is 80.1 Å². The van der Waals surface area contributed by atoms with Gasteiger partial charge in [-0.25, -0.2) is 4.98 Å². The number of rotatable bonds is 2. The van der Waals surface area contributed by atoms with E-state index >= 15 is 0 Å². The third kappa shape index (κ3) is 1.83. The Morgan fingerprint density at radius 3 is 2.75 bits per heavy atom. The summed E-state index contributed by atoms with van der Waals surface area (Å²) in [6, 6.07) is 3.52. The Kier molecular flexibility index (Phi) is 2.83. The highest BCUT2D eigenvalue weighted by molar-refractivity contribution is 9.09. The van der Waals surface area contributed by atoms with E-state index in [1.54, 1.807) is 12.1 Å². The number of pyridine rings is 1. The largest absolute Gasteiger partial charge is 0.228 e. The first kappa shape index (κ1) is 9.65. The van der Waals surface area contributed by atoms with Crippen LogP contribution in [0.3, 0.4) is 0 Å². The molecule has 0 saturated carbocycles. The summed E-state index contributed by atoms with van der Waals surface area (Å²) in [5.41, 5.74) is 0.458. The maximum absolute atomic E-state index is 13.1. The minimum atomic E-state index is -0.373. The zero-order chi connectivity index (χ0) is 9.19. The molecule has 1 aromatic heterocycles. The van der Waals surface area contributed by atoms with Gasteiger partial charge in [0.25, 0.3) is 0 Å². The molecular weight excluding hydrogens is 221 g/mol. The van der Waals surface area contributed by atoms with Crippen LogP contribution in [0.4, 0.5) is 4.39 Å². The molecule has 0 aromatic carbocycles. The predicted molar refractivity (Wildman–Crippen MR) is 51.0 cm³/mol. The second-order valence-electron chi connectivity index (χ2n) is 3.36. The molecule has 3 heteroatoms. The van der Waals surface area contributed by atoms with Crippen molar-refractivity contribution < 1.29 is 4.39 Å². The first-order chi connectivity index (χ1) is 5.58. The summed E-state index contributed by atoms with van der Waals surface area (Å²) >= 11 is 3.35. The first-order valence-corrected chi connectivity index (χ1v) is 4.87. The monoisotopic (exact) mass is 231 g/mol. The Hall–Kier alpha value is -0.440. The van der Waals surface area contributed by atoms with Crippen LogP contribution < -0.4 is 0 Å². The van der Waals surface area contributed by atoms with E-state index in [0.29, 0.717) is 5.56 Å². The fraction of sp³-hybridized carbons (Fsp3) is 0.444. The number of nitrogens with zero attached hydrogens (tertiary/aromatic N) is 1. The van der Waals surface area contributed by atoms with Crippen LogP contribution in [0.2, 0.25) is 0 Å². The first-order valence-electron chi connectivity index (χ1n) is 3.75. The zero-order valence-corrected chi connectivity index (χ0v) is 8.73. The molecule has 0 radical (unpaired) electrons. The quantitative estimate of drug-likeness (QED) is 0.564. The lowest BCUT2D eigenvalue weighted by molar-refractivity contribution is 0.506. The van der Waals surface area contributed by atoms with Crippen molar-refractivity contribution >= 4 is 15.9 Å². The van der Waals surface area contributed by atoms with Crippen LogP contribution in [-0.2, 0) is 5.41 Å². The zero-order valence-electron chi connectivity index (χ0n) is 7.14.